The lowest BCUT2D eigenvalue weighted by molar-refractivity contribution is -0.131. The van der Waals surface area contributed by atoms with E-state index in [9.17, 15) is 4.79 Å². The maximum atomic E-state index is 13.5. The maximum absolute atomic E-state index is 13.5. The zero-order chi connectivity index (χ0) is 20.5. The van der Waals surface area contributed by atoms with Crippen LogP contribution in [0.25, 0.3) is 16.6 Å². The van der Waals surface area contributed by atoms with Gasteiger partial charge in [-0.3, -0.25) is 9.20 Å². The zero-order valence-corrected chi connectivity index (χ0v) is 17.8. The fourth-order valence-electron chi connectivity index (χ4n) is 4.23. The van der Waals surface area contributed by atoms with Crippen molar-refractivity contribution in [2.45, 2.75) is 36.6 Å². The Labute approximate surface area is 180 Å². The number of para-hydroxylation sites is 1. The molecule has 1 saturated heterocycles. The Morgan fingerprint density at radius 1 is 0.967 bits per heavy atom. The number of hydrogen-bond acceptors (Lipinski definition) is 4. The van der Waals surface area contributed by atoms with Gasteiger partial charge in [-0.05, 0) is 49.4 Å². The number of fused-ring (bicyclic) bond motifs is 3. The first kappa shape index (κ1) is 19.1. The number of benzene rings is 2. The molecule has 5 nitrogen and oxygen atoms in total. The number of nitrogens with zero attached hydrogens (tertiary/aromatic N) is 4. The molecule has 1 atom stereocenters. The SMILES string of the molecule is Cc1cc2nnc(S[C@@H](C(=O)N3CCCCC3)c3ccccc3)n2c2ccccc12. The van der Waals surface area contributed by atoms with Crippen molar-refractivity contribution in [3.05, 3.63) is 71.8 Å². The third-order valence-electron chi connectivity index (χ3n) is 5.79. The number of thioether (sulfide) groups is 1. The Bertz CT molecular complexity index is 1200. The van der Waals surface area contributed by atoms with E-state index < -0.39 is 0 Å². The van der Waals surface area contributed by atoms with Gasteiger partial charge in [-0.25, -0.2) is 0 Å². The molecule has 0 aliphatic carbocycles. The summed E-state index contributed by atoms with van der Waals surface area (Å²) in [5.74, 6) is 0.166. The molecule has 0 saturated carbocycles. The van der Waals surface area contributed by atoms with Crippen LogP contribution in [0, 0.1) is 6.92 Å². The van der Waals surface area contributed by atoms with Gasteiger partial charge in [0.2, 0.25) is 5.91 Å². The van der Waals surface area contributed by atoms with Crippen molar-refractivity contribution in [2.24, 2.45) is 0 Å². The van der Waals surface area contributed by atoms with Crippen molar-refractivity contribution in [3.8, 4) is 0 Å². The summed E-state index contributed by atoms with van der Waals surface area (Å²) in [4.78, 5) is 15.5. The number of carbonyl (C=O) groups excluding carboxylic acids is 1. The minimum absolute atomic E-state index is 0.166. The lowest BCUT2D eigenvalue weighted by Gasteiger charge is -2.30. The predicted molar refractivity (Wildman–Crippen MR) is 121 cm³/mol. The summed E-state index contributed by atoms with van der Waals surface area (Å²) in [5, 5.41) is 10.5. The Kier molecular flexibility index (Phi) is 5.17. The molecular formula is C24H24N4OS. The molecule has 2 aromatic carbocycles. The molecule has 0 bridgehead atoms. The summed E-state index contributed by atoms with van der Waals surface area (Å²) in [5.41, 5.74) is 4.06. The molecule has 3 heterocycles. The molecule has 0 unspecified atom stereocenters. The van der Waals surface area contributed by atoms with Crippen LogP contribution in [0.5, 0.6) is 0 Å². The van der Waals surface area contributed by atoms with Crippen LogP contribution in [0.4, 0.5) is 0 Å². The molecule has 5 rings (SSSR count). The van der Waals surface area contributed by atoms with Crippen LogP contribution in [-0.4, -0.2) is 38.5 Å². The zero-order valence-electron chi connectivity index (χ0n) is 17.0. The van der Waals surface area contributed by atoms with Crippen molar-refractivity contribution in [3.63, 3.8) is 0 Å². The highest BCUT2D eigenvalue weighted by atomic mass is 32.2. The third-order valence-corrected chi connectivity index (χ3v) is 6.98. The first-order valence-corrected chi connectivity index (χ1v) is 11.3. The maximum Gasteiger partial charge on any atom is 0.240 e. The highest BCUT2D eigenvalue weighted by Gasteiger charge is 2.29. The number of hydrogen-bond donors (Lipinski definition) is 0. The lowest BCUT2D eigenvalue weighted by Crippen LogP contribution is -2.38. The Balaban J connectivity index is 1.59. The smallest absolute Gasteiger partial charge is 0.240 e. The average Bonchev–Trinajstić information content (AvgIpc) is 3.21. The quantitative estimate of drug-likeness (QED) is 0.438. The standard InChI is InChI=1S/C24H24N4OS/c1-17-16-21-25-26-24(28(21)20-13-7-6-12-19(17)20)30-22(18-10-4-2-5-11-18)23(29)27-14-8-3-9-15-27/h2,4-7,10-13,16,22H,3,8-9,14-15H2,1H3/t22-/m1/s1. The van der Waals surface area contributed by atoms with E-state index in [1.54, 1.807) is 0 Å². The van der Waals surface area contributed by atoms with E-state index in [2.05, 4.69) is 39.7 Å². The second kappa shape index (κ2) is 8.11. The Morgan fingerprint density at radius 3 is 2.50 bits per heavy atom. The van der Waals surface area contributed by atoms with E-state index >= 15 is 0 Å². The van der Waals surface area contributed by atoms with Crippen molar-refractivity contribution in [2.75, 3.05) is 13.1 Å². The largest absolute Gasteiger partial charge is 0.341 e. The van der Waals surface area contributed by atoms with Crippen LogP contribution in [0.2, 0.25) is 0 Å². The second-order valence-corrected chi connectivity index (χ2v) is 8.89. The summed E-state index contributed by atoms with van der Waals surface area (Å²) in [6.45, 7) is 3.77. The summed E-state index contributed by atoms with van der Waals surface area (Å²) in [7, 11) is 0. The molecule has 152 valence electrons. The summed E-state index contributed by atoms with van der Waals surface area (Å²) in [6, 6.07) is 20.4. The number of likely N-dealkylation sites (tertiary alicyclic amines) is 1. The molecule has 0 N–H and O–H groups in total. The van der Waals surface area contributed by atoms with Crippen LogP contribution >= 0.6 is 11.8 Å². The number of carbonyl (C=O) groups is 1. The topological polar surface area (TPSA) is 50.5 Å². The molecular weight excluding hydrogens is 392 g/mol. The van der Waals surface area contributed by atoms with Crippen LogP contribution < -0.4 is 0 Å². The second-order valence-electron chi connectivity index (χ2n) is 7.82. The lowest BCUT2D eigenvalue weighted by atomic mass is 10.1. The average molecular weight is 417 g/mol. The van der Waals surface area contributed by atoms with Crippen LogP contribution in [0.15, 0.2) is 65.8 Å². The van der Waals surface area contributed by atoms with Gasteiger partial charge < -0.3 is 4.90 Å². The predicted octanol–water partition coefficient (Wildman–Crippen LogP) is 5.04. The van der Waals surface area contributed by atoms with Gasteiger partial charge in [0.25, 0.3) is 0 Å². The van der Waals surface area contributed by atoms with Crippen LogP contribution in [0.1, 0.15) is 35.6 Å². The first-order chi connectivity index (χ1) is 14.7. The number of rotatable bonds is 4. The van der Waals surface area contributed by atoms with Gasteiger partial charge in [0.05, 0.1) is 5.52 Å². The van der Waals surface area contributed by atoms with Gasteiger partial charge >= 0.3 is 0 Å². The Morgan fingerprint density at radius 2 is 1.70 bits per heavy atom. The van der Waals surface area contributed by atoms with Gasteiger partial charge in [0.15, 0.2) is 10.8 Å². The van der Waals surface area contributed by atoms with Crippen LogP contribution in [0.3, 0.4) is 0 Å². The molecule has 6 heteroatoms. The number of piperidine rings is 1. The van der Waals surface area contributed by atoms with Crippen molar-refractivity contribution >= 4 is 34.2 Å². The van der Waals surface area contributed by atoms with Gasteiger partial charge in [-0.2, -0.15) is 0 Å². The van der Waals surface area contributed by atoms with E-state index in [-0.39, 0.29) is 11.2 Å². The van der Waals surface area contributed by atoms with E-state index in [1.165, 1.54) is 29.1 Å². The highest BCUT2D eigenvalue weighted by Crippen LogP contribution is 2.37. The molecule has 30 heavy (non-hydrogen) atoms. The molecule has 1 fully saturated rings. The fourth-order valence-corrected chi connectivity index (χ4v) is 5.36. The highest BCUT2D eigenvalue weighted by molar-refractivity contribution is 8.00. The first-order valence-electron chi connectivity index (χ1n) is 10.5. The number of aromatic nitrogens is 3. The minimum atomic E-state index is -0.336. The third kappa shape index (κ3) is 3.45. The van der Waals surface area contributed by atoms with E-state index in [0.717, 1.165) is 47.8 Å². The van der Waals surface area contributed by atoms with Gasteiger partial charge in [-0.1, -0.05) is 60.3 Å². The molecule has 1 amide bonds. The molecule has 0 radical (unpaired) electrons. The summed E-state index contributed by atoms with van der Waals surface area (Å²) in [6.07, 6.45) is 3.36. The van der Waals surface area contributed by atoms with Gasteiger partial charge in [-0.15, -0.1) is 10.2 Å². The number of pyridine rings is 1. The normalized spacial score (nSPS) is 15.6. The molecule has 1 aliphatic heterocycles. The number of amides is 1. The fraction of sp³-hybridized carbons (Fsp3) is 0.292. The Hall–Kier alpha value is -2.86. The molecule has 0 spiro atoms. The molecule has 2 aromatic heterocycles. The summed E-state index contributed by atoms with van der Waals surface area (Å²) < 4.78 is 2.08. The minimum Gasteiger partial charge on any atom is -0.341 e. The van der Waals surface area contributed by atoms with E-state index in [4.69, 9.17) is 0 Å². The number of aryl methyl sites for hydroxylation is 1. The van der Waals surface area contributed by atoms with Crippen molar-refractivity contribution < 1.29 is 4.79 Å². The molecule has 4 aromatic rings. The van der Waals surface area contributed by atoms with Crippen molar-refractivity contribution in [1.82, 2.24) is 19.5 Å². The summed E-state index contributed by atoms with van der Waals surface area (Å²) >= 11 is 1.50. The van der Waals surface area contributed by atoms with Crippen molar-refractivity contribution in [1.29, 1.82) is 0 Å². The van der Waals surface area contributed by atoms with Gasteiger partial charge in [0.1, 0.15) is 5.25 Å². The van der Waals surface area contributed by atoms with Crippen LogP contribution in [-0.2, 0) is 4.79 Å². The molecule has 1 aliphatic rings. The monoisotopic (exact) mass is 416 g/mol. The van der Waals surface area contributed by atoms with Gasteiger partial charge in [0, 0.05) is 18.5 Å². The van der Waals surface area contributed by atoms with E-state index in [1.807, 2.05) is 47.4 Å². The van der Waals surface area contributed by atoms with E-state index in [0.29, 0.717) is 0 Å².